The van der Waals surface area contributed by atoms with Crippen LogP contribution in [0.15, 0.2) is 29.4 Å². The minimum Gasteiger partial charge on any atom is -0.326 e. The van der Waals surface area contributed by atoms with Crippen molar-refractivity contribution in [1.29, 1.82) is 0 Å². The molecule has 0 fully saturated rings. The summed E-state index contributed by atoms with van der Waals surface area (Å²) in [5, 5.41) is 5.97. The van der Waals surface area contributed by atoms with Crippen LogP contribution in [-0.2, 0) is 4.79 Å². The van der Waals surface area contributed by atoms with E-state index >= 15 is 0 Å². The lowest BCUT2D eigenvalue weighted by Crippen LogP contribution is -2.06. The number of hydrazone groups is 1. The lowest BCUT2D eigenvalue weighted by molar-refractivity contribution is -0.114. The number of nitrogens with one attached hydrogen (secondary N) is 2. The predicted octanol–water partition coefficient (Wildman–Crippen LogP) is 3.79. The maximum absolute atomic E-state index is 13.4. The van der Waals surface area contributed by atoms with Crippen molar-refractivity contribution in [2.45, 2.75) is 6.92 Å². The Kier molecular flexibility index (Phi) is 5.12. The van der Waals surface area contributed by atoms with Gasteiger partial charge in [0, 0.05) is 12.6 Å². The normalized spacial score (nSPS) is 10.9. The summed E-state index contributed by atoms with van der Waals surface area (Å²) in [4.78, 5) is 10.9. The number of amides is 1. The molecule has 0 aliphatic heterocycles. The molecule has 0 saturated carbocycles. The quantitative estimate of drug-likeness (QED) is 0.292. The maximum atomic E-state index is 13.4. The molecule has 0 atom stereocenters. The third kappa shape index (κ3) is 3.67. The van der Waals surface area contributed by atoms with E-state index in [1.165, 1.54) is 19.1 Å². The number of nitrogens with zero attached hydrogens (tertiary/aromatic N) is 1. The van der Waals surface area contributed by atoms with E-state index in [1.54, 1.807) is 17.6 Å². The fraction of sp³-hybridized carbons (Fsp3) is 0.0667. The van der Waals surface area contributed by atoms with Crippen molar-refractivity contribution in [3.05, 3.63) is 58.9 Å². The molecule has 0 unspecified atom stereocenters. The molecule has 0 heterocycles. The number of carbonyl (C=O) groups excluding carboxylic acids is 1. The van der Waals surface area contributed by atoms with Gasteiger partial charge in [-0.1, -0.05) is 12.1 Å². The third-order valence-electron chi connectivity index (χ3n) is 2.83. The summed E-state index contributed by atoms with van der Waals surface area (Å²) in [7, 11) is 0. The van der Waals surface area contributed by atoms with Crippen LogP contribution in [0.2, 0.25) is 0 Å². The Bertz CT molecular complexity index is 777. The van der Waals surface area contributed by atoms with Gasteiger partial charge in [-0.05, 0) is 17.7 Å². The summed E-state index contributed by atoms with van der Waals surface area (Å²) in [5.41, 5.74) is 1.52. The second-order valence-corrected chi connectivity index (χ2v) is 4.62. The van der Waals surface area contributed by atoms with Gasteiger partial charge in [-0.3, -0.25) is 10.2 Å². The molecule has 1 amide bonds. The maximum Gasteiger partial charge on any atom is 0.221 e. The van der Waals surface area contributed by atoms with Crippen LogP contribution in [0.3, 0.4) is 0 Å². The molecule has 0 spiro atoms. The summed E-state index contributed by atoms with van der Waals surface area (Å²) < 4.78 is 65.7. The Hall–Kier alpha value is -2.97. The highest BCUT2D eigenvalue weighted by Crippen LogP contribution is 2.27. The van der Waals surface area contributed by atoms with Gasteiger partial charge in [0.2, 0.25) is 11.7 Å². The molecule has 2 aromatic carbocycles. The molecule has 0 aromatic heterocycles. The van der Waals surface area contributed by atoms with Crippen LogP contribution in [0.1, 0.15) is 12.5 Å². The third-order valence-corrected chi connectivity index (χ3v) is 2.83. The number of hydrogen-bond donors (Lipinski definition) is 2. The SMILES string of the molecule is CC(=O)Nc1ccc(C=NNc2c(F)c(F)c(F)c(F)c2F)cc1. The molecule has 2 rings (SSSR count). The Balaban J connectivity index is 2.16. The molecule has 2 aromatic rings. The number of benzene rings is 2. The lowest BCUT2D eigenvalue weighted by atomic mass is 10.2. The van der Waals surface area contributed by atoms with Gasteiger partial charge in [-0.15, -0.1) is 0 Å². The zero-order valence-electron chi connectivity index (χ0n) is 12.1. The molecule has 2 N–H and O–H groups in total. The van der Waals surface area contributed by atoms with Gasteiger partial charge in [0.05, 0.1) is 6.21 Å². The molecule has 126 valence electrons. The van der Waals surface area contributed by atoms with Crippen LogP contribution < -0.4 is 10.7 Å². The topological polar surface area (TPSA) is 53.5 Å². The fourth-order valence-corrected chi connectivity index (χ4v) is 1.73. The Labute approximate surface area is 133 Å². The number of anilines is 2. The Morgan fingerprint density at radius 3 is 1.92 bits per heavy atom. The second kappa shape index (κ2) is 7.07. The zero-order valence-corrected chi connectivity index (χ0v) is 12.1. The molecule has 4 nitrogen and oxygen atoms in total. The van der Waals surface area contributed by atoms with E-state index in [4.69, 9.17) is 0 Å². The van der Waals surface area contributed by atoms with Crippen molar-refractivity contribution in [3.8, 4) is 0 Å². The second-order valence-electron chi connectivity index (χ2n) is 4.62. The number of hydrogen-bond acceptors (Lipinski definition) is 3. The van der Waals surface area contributed by atoms with Gasteiger partial charge in [0.15, 0.2) is 23.3 Å². The van der Waals surface area contributed by atoms with Gasteiger partial charge in [-0.2, -0.15) is 5.10 Å². The van der Waals surface area contributed by atoms with Crippen LogP contribution in [0.4, 0.5) is 33.3 Å². The minimum absolute atomic E-state index is 0.260. The predicted molar refractivity (Wildman–Crippen MR) is 78.2 cm³/mol. The van der Waals surface area contributed by atoms with E-state index in [9.17, 15) is 26.7 Å². The molecule has 0 saturated heterocycles. The molecule has 0 bridgehead atoms. The van der Waals surface area contributed by atoms with Gasteiger partial charge in [0.1, 0.15) is 5.69 Å². The first-order valence-electron chi connectivity index (χ1n) is 6.49. The smallest absolute Gasteiger partial charge is 0.221 e. The number of carbonyl (C=O) groups is 1. The highest BCUT2D eigenvalue weighted by atomic mass is 19.2. The average Bonchev–Trinajstić information content (AvgIpc) is 2.55. The first-order chi connectivity index (χ1) is 11.3. The van der Waals surface area contributed by atoms with Gasteiger partial charge < -0.3 is 5.32 Å². The van der Waals surface area contributed by atoms with Crippen molar-refractivity contribution in [2.75, 3.05) is 10.7 Å². The molecule has 9 heteroatoms. The van der Waals surface area contributed by atoms with Crippen LogP contribution in [-0.4, -0.2) is 12.1 Å². The van der Waals surface area contributed by atoms with Gasteiger partial charge in [0.25, 0.3) is 0 Å². The van der Waals surface area contributed by atoms with E-state index < -0.39 is 34.8 Å². The van der Waals surface area contributed by atoms with Crippen molar-refractivity contribution >= 4 is 23.5 Å². The van der Waals surface area contributed by atoms with Crippen LogP contribution in [0, 0.1) is 29.1 Å². The highest BCUT2D eigenvalue weighted by molar-refractivity contribution is 5.89. The zero-order chi connectivity index (χ0) is 17.9. The summed E-state index contributed by atoms with van der Waals surface area (Å²) in [6.07, 6.45) is 1.11. The monoisotopic (exact) mass is 343 g/mol. The molecular weight excluding hydrogens is 333 g/mol. The van der Waals surface area contributed by atoms with Gasteiger partial charge in [-0.25, -0.2) is 22.0 Å². The summed E-state index contributed by atoms with van der Waals surface area (Å²) in [5.74, 6) is -10.6. The van der Waals surface area contributed by atoms with Crippen molar-refractivity contribution < 1.29 is 26.7 Å². The summed E-state index contributed by atoms with van der Waals surface area (Å²) in [6, 6.07) is 6.13. The van der Waals surface area contributed by atoms with Crippen LogP contribution >= 0.6 is 0 Å². The molecule has 0 aliphatic rings. The van der Waals surface area contributed by atoms with Crippen LogP contribution in [0.5, 0.6) is 0 Å². The molecular formula is C15H10F5N3O. The van der Waals surface area contributed by atoms with E-state index in [1.807, 2.05) is 0 Å². The van der Waals surface area contributed by atoms with E-state index in [-0.39, 0.29) is 5.91 Å². The largest absolute Gasteiger partial charge is 0.326 e. The van der Waals surface area contributed by atoms with E-state index in [2.05, 4.69) is 10.4 Å². The standard InChI is InChI=1S/C15H10F5N3O/c1-7(24)22-9-4-2-8(3-5-9)6-21-23-15-13(19)11(17)10(16)12(18)14(15)20/h2-6,23H,1H3,(H,22,24). The van der Waals surface area contributed by atoms with Crippen LogP contribution in [0.25, 0.3) is 0 Å². The summed E-state index contributed by atoms with van der Waals surface area (Å²) >= 11 is 0. The Morgan fingerprint density at radius 2 is 1.42 bits per heavy atom. The minimum atomic E-state index is -2.24. The molecule has 0 aliphatic carbocycles. The van der Waals surface area contributed by atoms with E-state index in [0.717, 1.165) is 6.21 Å². The first kappa shape index (κ1) is 17.4. The number of rotatable bonds is 4. The molecule has 24 heavy (non-hydrogen) atoms. The highest BCUT2D eigenvalue weighted by Gasteiger charge is 2.25. The van der Waals surface area contributed by atoms with Crippen molar-refractivity contribution in [3.63, 3.8) is 0 Å². The lowest BCUT2D eigenvalue weighted by Gasteiger charge is -2.07. The van der Waals surface area contributed by atoms with Crippen molar-refractivity contribution in [1.82, 2.24) is 0 Å². The fourth-order valence-electron chi connectivity index (χ4n) is 1.73. The average molecular weight is 343 g/mol. The first-order valence-corrected chi connectivity index (χ1v) is 6.49. The van der Waals surface area contributed by atoms with Gasteiger partial charge >= 0.3 is 0 Å². The number of halogens is 5. The Morgan fingerprint density at radius 1 is 0.917 bits per heavy atom. The van der Waals surface area contributed by atoms with E-state index in [0.29, 0.717) is 11.3 Å². The summed E-state index contributed by atoms with van der Waals surface area (Å²) in [6.45, 7) is 1.34. The molecule has 0 radical (unpaired) electrons. The van der Waals surface area contributed by atoms with Crippen molar-refractivity contribution in [2.24, 2.45) is 5.10 Å².